The summed E-state index contributed by atoms with van der Waals surface area (Å²) in [5.74, 6) is 0.282. The summed E-state index contributed by atoms with van der Waals surface area (Å²) in [4.78, 5) is 45.5. The van der Waals surface area contributed by atoms with Crippen LogP contribution >= 0.6 is 31.9 Å². The number of nitrogens with zero attached hydrogens (tertiary/aromatic N) is 8. The van der Waals surface area contributed by atoms with Crippen LogP contribution in [0.1, 0.15) is 123 Å². The van der Waals surface area contributed by atoms with Gasteiger partial charge >= 0.3 is 18.3 Å². The van der Waals surface area contributed by atoms with Crippen molar-refractivity contribution in [2.24, 2.45) is 5.73 Å². The van der Waals surface area contributed by atoms with E-state index in [1.165, 1.54) is 11.3 Å². The van der Waals surface area contributed by atoms with Gasteiger partial charge in [0.15, 0.2) is 0 Å². The minimum Gasteiger partial charge on any atom is -0.444 e. The lowest BCUT2D eigenvalue weighted by molar-refractivity contribution is 0.0221. The Morgan fingerprint density at radius 1 is 0.512 bits per heavy atom. The molecule has 3 N–H and O–H groups in total. The van der Waals surface area contributed by atoms with Crippen molar-refractivity contribution in [2.75, 3.05) is 94.9 Å². The Balaban J connectivity index is 0.000000274. The average molecular weight is 1230 g/mol. The van der Waals surface area contributed by atoms with Gasteiger partial charge in [-0.15, -0.1) is 0 Å². The van der Waals surface area contributed by atoms with Crippen LogP contribution in [0.4, 0.5) is 25.8 Å². The lowest BCUT2D eigenvalue weighted by Crippen LogP contribution is -2.50. The molecule has 0 spiro atoms. The van der Waals surface area contributed by atoms with Crippen molar-refractivity contribution in [2.45, 2.75) is 124 Å². The molecule has 3 aliphatic rings. The number of halogens is 2. The van der Waals surface area contributed by atoms with Gasteiger partial charge < -0.3 is 49.8 Å². The lowest BCUT2D eigenvalue weighted by atomic mass is 10.0. The summed E-state index contributed by atoms with van der Waals surface area (Å²) in [6.07, 6.45) is -0.165. The second-order valence-electron chi connectivity index (χ2n) is 22.7. The molecule has 3 atom stereocenters. The number of carbonyl (C=O) groups is 3. The number of hydrogen-bond donors (Lipinski definition) is 2. The zero-order valence-electron chi connectivity index (χ0n) is 49.2. The van der Waals surface area contributed by atoms with Crippen molar-refractivity contribution in [1.29, 1.82) is 15.8 Å². The maximum atomic E-state index is 12.1. The van der Waals surface area contributed by atoms with E-state index in [0.717, 1.165) is 83.7 Å². The topological polar surface area (TPSA) is 205 Å². The van der Waals surface area contributed by atoms with Crippen LogP contribution in [-0.2, 0) is 20.6 Å². The molecule has 0 aliphatic carbocycles. The molecule has 0 aromatic heterocycles. The molecule has 3 amide bonds. The molecule has 18 heteroatoms. The van der Waals surface area contributed by atoms with E-state index in [1.54, 1.807) is 14.7 Å². The third-order valence-electron chi connectivity index (χ3n) is 12.5. The van der Waals surface area contributed by atoms with Crippen molar-refractivity contribution < 1.29 is 28.6 Å². The van der Waals surface area contributed by atoms with Gasteiger partial charge in [-0.1, -0.05) is 87.3 Å². The quantitative estimate of drug-likeness (QED) is 0.166. The van der Waals surface area contributed by atoms with Gasteiger partial charge in [0.25, 0.3) is 0 Å². The predicted octanol–water partition coefficient (Wildman–Crippen LogP) is 12.6. The average Bonchev–Trinajstić information content (AvgIpc) is 3.43. The Morgan fingerprint density at radius 3 is 1.14 bits per heavy atom. The fourth-order valence-electron chi connectivity index (χ4n) is 7.84. The monoisotopic (exact) mass is 1220 g/mol. The number of hydrogen-bond acceptors (Lipinski definition) is 13. The molecule has 7 rings (SSSR count). The highest BCUT2D eigenvalue weighted by Crippen LogP contribution is 2.24. The van der Waals surface area contributed by atoms with Crippen LogP contribution in [0.3, 0.4) is 0 Å². The van der Waals surface area contributed by atoms with Crippen molar-refractivity contribution in [3.05, 3.63) is 128 Å². The highest BCUT2D eigenvalue weighted by atomic mass is 79.9. The smallest absolute Gasteiger partial charge is 0.410 e. The molecule has 4 aromatic carbocycles. The number of nitrogens with two attached hydrogens (primary N) is 1. The van der Waals surface area contributed by atoms with Crippen LogP contribution in [0, 0.1) is 34.0 Å². The molecule has 0 saturated carbocycles. The first kappa shape index (κ1) is 67.9. The number of benzene rings is 4. The standard InChI is InChI=1S/C18H29N3O2.C18H25N3O2.C9H8BrN.C9H18N2O2.C8H6BrN/c2*1-14(13-19)15-5-7-16(8-6-15)20-9-11-21(12-10-20)17(22)23-18(2,3)4;1-7(6-11)8-2-4-9(10)5-3-8;1-9(2,3)13-8(12)11-6-4-10-5-7-11;9-8-3-1-7(2-4-8)5-6-10/h5-8,14H,9-13,19H2,1-4H3;5-8,14H,9-12H2,1-4H3;2-5,7H,1H3;10H,4-7H2,1-3H3;1-4H,5H2. The fourth-order valence-corrected chi connectivity index (χ4v) is 8.37. The van der Waals surface area contributed by atoms with E-state index in [4.69, 9.17) is 35.7 Å². The molecule has 3 fully saturated rings. The van der Waals surface area contributed by atoms with Gasteiger partial charge in [0.2, 0.25) is 0 Å². The van der Waals surface area contributed by atoms with E-state index in [1.807, 2.05) is 149 Å². The molecule has 434 valence electrons. The Bertz CT molecular complexity index is 2610. The maximum Gasteiger partial charge on any atom is 0.410 e. The Hall–Kier alpha value is -6.36. The summed E-state index contributed by atoms with van der Waals surface area (Å²) in [5, 5.41) is 29.1. The van der Waals surface area contributed by atoms with Crippen LogP contribution in [0.2, 0.25) is 0 Å². The normalized spacial score (nSPS) is 15.5. The fraction of sp³-hybridized carbons (Fsp3) is 0.516. The highest BCUT2D eigenvalue weighted by molar-refractivity contribution is 9.10. The van der Waals surface area contributed by atoms with Crippen molar-refractivity contribution in [1.82, 2.24) is 20.0 Å². The number of piperazine rings is 3. The molecular weight excluding hydrogens is 1140 g/mol. The molecule has 3 heterocycles. The van der Waals surface area contributed by atoms with Crippen LogP contribution in [0.5, 0.6) is 0 Å². The van der Waals surface area contributed by atoms with Crippen molar-refractivity contribution >= 4 is 61.5 Å². The van der Waals surface area contributed by atoms with E-state index in [-0.39, 0.29) is 35.7 Å². The van der Waals surface area contributed by atoms with Crippen LogP contribution < -0.4 is 20.9 Å². The van der Waals surface area contributed by atoms with Gasteiger partial charge in [-0.25, -0.2) is 14.4 Å². The number of carbonyl (C=O) groups excluding carboxylic acids is 3. The number of rotatable bonds is 7. The SMILES string of the molecule is CC(C#N)c1ccc(Br)cc1.CC(C#N)c1ccc(N2CCN(C(=O)OC(C)(C)C)CC2)cc1.CC(C)(C)OC(=O)N1CCNCC1.CC(CN)c1ccc(N2CCN(C(=O)OC(C)(C)C)CC2)cc1.N#CCc1ccc(Br)cc1. The summed E-state index contributed by atoms with van der Waals surface area (Å²) in [5.41, 5.74) is 11.2. The molecule has 80 heavy (non-hydrogen) atoms. The first-order valence-corrected chi connectivity index (χ1v) is 28.9. The van der Waals surface area contributed by atoms with E-state index in [0.29, 0.717) is 45.1 Å². The van der Waals surface area contributed by atoms with Gasteiger partial charge in [-0.05, 0) is 159 Å². The third kappa shape index (κ3) is 25.8. The molecule has 3 saturated heterocycles. The molecular formula is C62H86Br2N10O6. The van der Waals surface area contributed by atoms with E-state index >= 15 is 0 Å². The summed E-state index contributed by atoms with van der Waals surface area (Å²) in [7, 11) is 0. The molecule has 16 nitrogen and oxygen atoms in total. The summed E-state index contributed by atoms with van der Waals surface area (Å²) >= 11 is 6.65. The first-order valence-electron chi connectivity index (χ1n) is 27.4. The zero-order chi connectivity index (χ0) is 59.6. The number of nitrogens with one attached hydrogen (secondary N) is 1. The Kier molecular flexibility index (Phi) is 28.4. The van der Waals surface area contributed by atoms with Gasteiger partial charge in [-0.2, -0.15) is 15.8 Å². The largest absolute Gasteiger partial charge is 0.444 e. The molecule has 3 unspecified atom stereocenters. The molecule has 0 bridgehead atoms. The van der Waals surface area contributed by atoms with Crippen LogP contribution in [0.25, 0.3) is 0 Å². The van der Waals surface area contributed by atoms with Crippen molar-refractivity contribution in [3.63, 3.8) is 0 Å². The van der Waals surface area contributed by atoms with Gasteiger partial charge in [0.1, 0.15) is 16.8 Å². The highest BCUT2D eigenvalue weighted by Gasteiger charge is 2.28. The second-order valence-corrected chi connectivity index (χ2v) is 24.5. The Morgan fingerprint density at radius 2 is 0.825 bits per heavy atom. The third-order valence-corrected chi connectivity index (χ3v) is 13.6. The number of amides is 3. The van der Waals surface area contributed by atoms with E-state index in [2.05, 4.69) is 96.4 Å². The van der Waals surface area contributed by atoms with Crippen molar-refractivity contribution in [3.8, 4) is 18.2 Å². The second kappa shape index (κ2) is 33.4. The van der Waals surface area contributed by atoms with Crippen LogP contribution in [0.15, 0.2) is 106 Å². The summed E-state index contributed by atoms with van der Waals surface area (Å²) < 4.78 is 18.2. The lowest BCUT2D eigenvalue weighted by Gasteiger charge is -2.36. The minimum absolute atomic E-state index is 0.0110. The summed E-state index contributed by atoms with van der Waals surface area (Å²) in [6.45, 7) is 32.7. The predicted molar refractivity (Wildman–Crippen MR) is 327 cm³/mol. The zero-order valence-corrected chi connectivity index (χ0v) is 52.4. The summed E-state index contributed by atoms with van der Waals surface area (Å²) in [6, 6.07) is 38.8. The molecule has 4 aromatic rings. The Labute approximate surface area is 494 Å². The van der Waals surface area contributed by atoms with Crippen LogP contribution in [-0.4, -0.2) is 135 Å². The number of ether oxygens (including phenoxy) is 3. The van der Waals surface area contributed by atoms with E-state index in [9.17, 15) is 14.4 Å². The van der Waals surface area contributed by atoms with Gasteiger partial charge in [0.05, 0.1) is 36.5 Å². The number of nitriles is 3. The number of anilines is 2. The van der Waals surface area contributed by atoms with Gasteiger partial charge in [0, 0.05) is 98.9 Å². The first-order chi connectivity index (χ1) is 37.6. The van der Waals surface area contributed by atoms with E-state index < -0.39 is 11.2 Å². The maximum absolute atomic E-state index is 12.1. The minimum atomic E-state index is -0.457. The molecule has 0 radical (unpaired) electrons. The molecule has 3 aliphatic heterocycles. The van der Waals surface area contributed by atoms with Gasteiger partial charge in [-0.3, -0.25) is 0 Å².